The van der Waals surface area contributed by atoms with Crippen LogP contribution in [0.5, 0.6) is 0 Å². The zero-order valence-electron chi connectivity index (χ0n) is 10.9. The molecule has 0 aromatic heterocycles. The molecule has 0 heterocycles. The summed E-state index contributed by atoms with van der Waals surface area (Å²) in [7, 11) is 0. The van der Waals surface area contributed by atoms with E-state index in [1.165, 1.54) is 51.4 Å². The highest BCUT2D eigenvalue weighted by Crippen LogP contribution is 2.42. The molecule has 0 amide bonds. The van der Waals surface area contributed by atoms with Crippen molar-refractivity contribution in [3.8, 4) is 0 Å². The summed E-state index contributed by atoms with van der Waals surface area (Å²) >= 11 is 3.94. The van der Waals surface area contributed by atoms with Crippen LogP contribution < -0.4 is 0 Å². The van der Waals surface area contributed by atoms with E-state index in [0.29, 0.717) is 0 Å². The van der Waals surface area contributed by atoms with E-state index in [2.05, 4.69) is 29.8 Å². The molecular weight excluding hydrogens is 260 g/mol. The first-order valence-electron chi connectivity index (χ1n) is 7.31. The standard InChI is InChI=1S/C15H27Br/c1-11(2)13-7-8-15(16)14(10-13)9-12-5-3-4-6-12/h11-15H,3-10H2,1-2H3. The minimum absolute atomic E-state index is 0.822. The predicted octanol–water partition coefficient (Wildman–Crippen LogP) is 5.40. The molecule has 0 radical (unpaired) electrons. The van der Waals surface area contributed by atoms with E-state index >= 15 is 0 Å². The highest BCUT2D eigenvalue weighted by Gasteiger charge is 2.32. The Hall–Kier alpha value is 0.480. The lowest BCUT2D eigenvalue weighted by molar-refractivity contribution is 0.198. The van der Waals surface area contributed by atoms with Crippen molar-refractivity contribution >= 4 is 15.9 Å². The van der Waals surface area contributed by atoms with Crippen molar-refractivity contribution in [1.82, 2.24) is 0 Å². The minimum atomic E-state index is 0.822. The maximum Gasteiger partial charge on any atom is 0.0174 e. The lowest BCUT2D eigenvalue weighted by Crippen LogP contribution is -2.28. The summed E-state index contributed by atoms with van der Waals surface area (Å²) in [6.45, 7) is 4.82. The Morgan fingerprint density at radius 1 is 1.06 bits per heavy atom. The minimum Gasteiger partial charge on any atom is -0.0888 e. The van der Waals surface area contributed by atoms with Gasteiger partial charge in [0.2, 0.25) is 0 Å². The van der Waals surface area contributed by atoms with Crippen molar-refractivity contribution in [1.29, 1.82) is 0 Å². The Labute approximate surface area is 110 Å². The van der Waals surface area contributed by atoms with Crippen LogP contribution in [0.15, 0.2) is 0 Å². The molecule has 0 aliphatic heterocycles. The summed E-state index contributed by atoms with van der Waals surface area (Å²) in [4.78, 5) is 0.822. The second-order valence-electron chi connectivity index (χ2n) is 6.48. The van der Waals surface area contributed by atoms with Gasteiger partial charge in [-0.2, -0.15) is 0 Å². The first kappa shape index (κ1) is 12.9. The predicted molar refractivity (Wildman–Crippen MR) is 75.0 cm³/mol. The molecular formula is C15H27Br. The van der Waals surface area contributed by atoms with Crippen molar-refractivity contribution in [3.63, 3.8) is 0 Å². The lowest BCUT2D eigenvalue weighted by atomic mass is 9.73. The van der Waals surface area contributed by atoms with Crippen molar-refractivity contribution in [3.05, 3.63) is 0 Å². The Morgan fingerprint density at radius 3 is 2.38 bits per heavy atom. The second-order valence-corrected chi connectivity index (χ2v) is 7.66. The summed E-state index contributed by atoms with van der Waals surface area (Å²) in [6.07, 6.45) is 11.9. The third-order valence-electron chi connectivity index (χ3n) is 4.98. The highest BCUT2D eigenvalue weighted by atomic mass is 79.9. The SMILES string of the molecule is CC(C)C1CCC(Br)C(CC2CCCC2)C1. The van der Waals surface area contributed by atoms with Crippen LogP contribution in [-0.2, 0) is 0 Å². The zero-order valence-corrected chi connectivity index (χ0v) is 12.5. The first-order chi connectivity index (χ1) is 7.66. The van der Waals surface area contributed by atoms with Crippen LogP contribution in [0.3, 0.4) is 0 Å². The van der Waals surface area contributed by atoms with E-state index in [0.717, 1.165) is 28.5 Å². The van der Waals surface area contributed by atoms with E-state index in [1.807, 2.05) is 0 Å². The van der Waals surface area contributed by atoms with Crippen LogP contribution in [0.4, 0.5) is 0 Å². The maximum absolute atomic E-state index is 3.94. The molecule has 0 aromatic rings. The topological polar surface area (TPSA) is 0 Å². The van der Waals surface area contributed by atoms with Crippen LogP contribution in [0.1, 0.15) is 65.2 Å². The van der Waals surface area contributed by atoms with Crippen LogP contribution in [-0.4, -0.2) is 4.83 Å². The molecule has 2 fully saturated rings. The molecule has 0 saturated heterocycles. The Kier molecular flexibility index (Phi) is 4.76. The first-order valence-corrected chi connectivity index (χ1v) is 8.22. The van der Waals surface area contributed by atoms with Gasteiger partial charge in [0, 0.05) is 4.83 Å². The largest absolute Gasteiger partial charge is 0.0888 e. The van der Waals surface area contributed by atoms with E-state index in [1.54, 1.807) is 0 Å². The van der Waals surface area contributed by atoms with Crippen LogP contribution in [0, 0.1) is 23.7 Å². The van der Waals surface area contributed by atoms with E-state index in [-0.39, 0.29) is 0 Å². The monoisotopic (exact) mass is 286 g/mol. The molecule has 0 nitrogen and oxygen atoms in total. The third-order valence-corrected chi connectivity index (χ3v) is 6.19. The maximum atomic E-state index is 3.94. The molecule has 3 atom stereocenters. The molecule has 2 rings (SSSR count). The summed E-state index contributed by atoms with van der Waals surface area (Å²) in [5.41, 5.74) is 0. The summed E-state index contributed by atoms with van der Waals surface area (Å²) in [5.74, 6) is 3.94. The van der Waals surface area contributed by atoms with Crippen LogP contribution in [0.25, 0.3) is 0 Å². The highest BCUT2D eigenvalue weighted by molar-refractivity contribution is 9.09. The quantitative estimate of drug-likeness (QED) is 0.609. The number of hydrogen-bond donors (Lipinski definition) is 0. The fourth-order valence-electron chi connectivity index (χ4n) is 3.79. The molecule has 1 heteroatoms. The summed E-state index contributed by atoms with van der Waals surface area (Å²) in [6, 6.07) is 0. The van der Waals surface area contributed by atoms with Gasteiger partial charge in [0.1, 0.15) is 0 Å². The molecule has 0 N–H and O–H groups in total. The molecule has 0 bridgehead atoms. The Balaban J connectivity index is 1.85. The van der Waals surface area contributed by atoms with Gasteiger partial charge >= 0.3 is 0 Å². The second kappa shape index (κ2) is 5.89. The van der Waals surface area contributed by atoms with Crippen molar-refractivity contribution in [2.75, 3.05) is 0 Å². The molecule has 0 spiro atoms. The number of halogens is 1. The van der Waals surface area contributed by atoms with E-state index < -0.39 is 0 Å². The fourth-order valence-corrected chi connectivity index (χ4v) is 4.48. The zero-order chi connectivity index (χ0) is 11.5. The molecule has 3 unspecified atom stereocenters. The number of hydrogen-bond acceptors (Lipinski definition) is 0. The van der Waals surface area contributed by atoms with Crippen molar-refractivity contribution in [2.24, 2.45) is 23.7 Å². The molecule has 0 aromatic carbocycles. The molecule has 2 aliphatic carbocycles. The molecule has 16 heavy (non-hydrogen) atoms. The molecule has 94 valence electrons. The van der Waals surface area contributed by atoms with Crippen LogP contribution in [0.2, 0.25) is 0 Å². The van der Waals surface area contributed by atoms with Crippen molar-refractivity contribution in [2.45, 2.75) is 70.0 Å². The Morgan fingerprint density at radius 2 is 1.75 bits per heavy atom. The average Bonchev–Trinajstić information content (AvgIpc) is 2.73. The van der Waals surface area contributed by atoms with Gasteiger partial charge in [-0.15, -0.1) is 0 Å². The number of alkyl halides is 1. The lowest BCUT2D eigenvalue weighted by Gasteiger charge is -2.36. The third kappa shape index (κ3) is 3.24. The average molecular weight is 287 g/mol. The fraction of sp³-hybridized carbons (Fsp3) is 1.00. The van der Waals surface area contributed by atoms with Gasteiger partial charge in [-0.1, -0.05) is 55.5 Å². The van der Waals surface area contributed by atoms with Gasteiger partial charge in [0.05, 0.1) is 0 Å². The Bertz CT molecular complexity index is 203. The smallest absolute Gasteiger partial charge is 0.0174 e. The van der Waals surface area contributed by atoms with Gasteiger partial charge in [0.25, 0.3) is 0 Å². The van der Waals surface area contributed by atoms with E-state index in [9.17, 15) is 0 Å². The van der Waals surface area contributed by atoms with Crippen molar-refractivity contribution < 1.29 is 0 Å². The molecule has 2 saturated carbocycles. The van der Waals surface area contributed by atoms with Gasteiger partial charge in [-0.3, -0.25) is 0 Å². The normalized spacial score (nSPS) is 37.1. The van der Waals surface area contributed by atoms with Gasteiger partial charge in [0.15, 0.2) is 0 Å². The van der Waals surface area contributed by atoms with Gasteiger partial charge in [-0.05, 0) is 49.4 Å². The number of rotatable bonds is 3. The summed E-state index contributed by atoms with van der Waals surface area (Å²) < 4.78 is 0. The van der Waals surface area contributed by atoms with Gasteiger partial charge < -0.3 is 0 Å². The van der Waals surface area contributed by atoms with E-state index in [4.69, 9.17) is 0 Å². The summed E-state index contributed by atoms with van der Waals surface area (Å²) in [5, 5.41) is 0. The molecule has 2 aliphatic rings. The van der Waals surface area contributed by atoms with Crippen LogP contribution >= 0.6 is 15.9 Å². The van der Waals surface area contributed by atoms with Gasteiger partial charge in [-0.25, -0.2) is 0 Å².